The minimum atomic E-state index is -0.00288. The number of benzene rings is 1. The second-order valence-corrected chi connectivity index (χ2v) is 8.40. The first kappa shape index (κ1) is 20.8. The van der Waals surface area contributed by atoms with Crippen LogP contribution in [-0.4, -0.2) is 60.0 Å². The van der Waals surface area contributed by atoms with Crippen molar-refractivity contribution >= 4 is 11.7 Å². The van der Waals surface area contributed by atoms with Gasteiger partial charge in [0.05, 0.1) is 5.69 Å². The van der Waals surface area contributed by atoms with Crippen molar-refractivity contribution in [3.05, 3.63) is 42.2 Å². The Balaban J connectivity index is 1.29. The summed E-state index contributed by atoms with van der Waals surface area (Å²) in [6.45, 7) is 6.34. The Bertz CT molecular complexity index is 811. The van der Waals surface area contributed by atoms with E-state index >= 15 is 0 Å². The number of piperidine rings is 2. The van der Waals surface area contributed by atoms with Gasteiger partial charge in [0.25, 0.3) is 5.91 Å². The lowest BCUT2D eigenvalue weighted by Crippen LogP contribution is -2.33. The Morgan fingerprint density at radius 1 is 0.900 bits per heavy atom. The van der Waals surface area contributed by atoms with Crippen LogP contribution in [0, 0.1) is 0 Å². The van der Waals surface area contributed by atoms with Crippen molar-refractivity contribution in [2.45, 2.75) is 44.9 Å². The lowest BCUT2D eigenvalue weighted by Gasteiger charge is -2.27. The van der Waals surface area contributed by atoms with Gasteiger partial charge in [0.15, 0.2) is 0 Å². The van der Waals surface area contributed by atoms with Crippen LogP contribution in [0.5, 0.6) is 0 Å². The average Bonchev–Trinajstić information content (AvgIpc) is 2.83. The van der Waals surface area contributed by atoms with E-state index in [9.17, 15) is 4.79 Å². The first-order chi connectivity index (χ1) is 14.8. The molecule has 0 saturated carbocycles. The quantitative estimate of drug-likeness (QED) is 0.709. The number of amides is 1. The van der Waals surface area contributed by atoms with E-state index in [-0.39, 0.29) is 5.91 Å². The second kappa shape index (κ2) is 10.5. The van der Waals surface area contributed by atoms with Gasteiger partial charge >= 0.3 is 0 Å². The van der Waals surface area contributed by atoms with E-state index in [0.29, 0.717) is 5.56 Å². The largest absolute Gasteiger partial charge is 0.357 e. The Labute approximate surface area is 179 Å². The van der Waals surface area contributed by atoms with Crippen LogP contribution >= 0.6 is 0 Å². The van der Waals surface area contributed by atoms with E-state index in [1.807, 2.05) is 24.3 Å². The summed E-state index contributed by atoms with van der Waals surface area (Å²) in [4.78, 5) is 26.2. The molecule has 0 radical (unpaired) electrons. The van der Waals surface area contributed by atoms with Crippen molar-refractivity contribution in [2.75, 3.05) is 44.2 Å². The molecule has 4 rings (SSSR count). The Morgan fingerprint density at radius 2 is 1.60 bits per heavy atom. The first-order valence-electron chi connectivity index (χ1n) is 11.5. The van der Waals surface area contributed by atoms with E-state index in [4.69, 9.17) is 0 Å². The fourth-order valence-electron chi connectivity index (χ4n) is 4.38. The lowest BCUT2D eigenvalue weighted by atomic mass is 10.1. The van der Waals surface area contributed by atoms with E-state index in [1.165, 1.54) is 51.6 Å². The highest BCUT2D eigenvalue weighted by Crippen LogP contribution is 2.23. The smallest absolute Gasteiger partial charge is 0.251 e. The van der Waals surface area contributed by atoms with Gasteiger partial charge in [-0.25, -0.2) is 9.97 Å². The van der Waals surface area contributed by atoms with Gasteiger partial charge in [0.1, 0.15) is 12.1 Å². The monoisotopic (exact) mass is 407 g/mol. The summed E-state index contributed by atoms with van der Waals surface area (Å²) in [5.74, 6) is 0.993. The fraction of sp³-hybridized carbons (Fsp3) is 0.542. The molecule has 2 aliphatic rings. The number of nitrogens with one attached hydrogen (secondary N) is 1. The van der Waals surface area contributed by atoms with Gasteiger partial charge < -0.3 is 15.1 Å². The summed E-state index contributed by atoms with van der Waals surface area (Å²) in [5, 5.41) is 3.05. The van der Waals surface area contributed by atoms with E-state index in [2.05, 4.69) is 31.2 Å². The summed E-state index contributed by atoms with van der Waals surface area (Å²) in [7, 11) is 0. The van der Waals surface area contributed by atoms with Gasteiger partial charge in [0, 0.05) is 36.8 Å². The van der Waals surface area contributed by atoms with Crippen LogP contribution in [0.4, 0.5) is 5.82 Å². The molecule has 6 heteroatoms. The Hall–Kier alpha value is -2.47. The van der Waals surface area contributed by atoms with E-state index in [1.54, 1.807) is 6.33 Å². The number of likely N-dealkylation sites (tertiary alicyclic amines) is 1. The van der Waals surface area contributed by atoms with E-state index < -0.39 is 0 Å². The third-order valence-corrected chi connectivity index (χ3v) is 6.16. The predicted octanol–water partition coefficient (Wildman–Crippen LogP) is 3.74. The maximum atomic E-state index is 12.4. The highest BCUT2D eigenvalue weighted by molar-refractivity contribution is 5.94. The molecule has 160 valence electrons. The molecule has 1 amide bonds. The van der Waals surface area contributed by atoms with Crippen LogP contribution in [0.15, 0.2) is 36.7 Å². The average molecular weight is 408 g/mol. The molecule has 30 heavy (non-hydrogen) atoms. The van der Waals surface area contributed by atoms with Crippen LogP contribution in [-0.2, 0) is 0 Å². The summed E-state index contributed by atoms with van der Waals surface area (Å²) < 4.78 is 0. The zero-order chi connectivity index (χ0) is 20.6. The molecule has 0 spiro atoms. The van der Waals surface area contributed by atoms with Crippen molar-refractivity contribution in [3.8, 4) is 11.3 Å². The molecule has 0 unspecified atom stereocenters. The van der Waals surface area contributed by atoms with Crippen LogP contribution in [0.2, 0.25) is 0 Å². The number of hydrogen-bond acceptors (Lipinski definition) is 5. The third-order valence-electron chi connectivity index (χ3n) is 6.16. The number of nitrogens with zero attached hydrogens (tertiary/aromatic N) is 4. The molecule has 2 saturated heterocycles. The number of anilines is 1. The van der Waals surface area contributed by atoms with Crippen molar-refractivity contribution in [1.82, 2.24) is 20.2 Å². The summed E-state index contributed by atoms with van der Waals surface area (Å²) in [6.07, 6.45) is 10.4. The highest BCUT2D eigenvalue weighted by Gasteiger charge is 2.14. The molecule has 1 aromatic carbocycles. The number of aromatic nitrogens is 2. The van der Waals surface area contributed by atoms with Gasteiger partial charge in [-0.2, -0.15) is 0 Å². The van der Waals surface area contributed by atoms with Crippen LogP contribution < -0.4 is 10.2 Å². The molecular weight excluding hydrogens is 374 g/mol. The molecule has 0 atom stereocenters. The predicted molar refractivity (Wildman–Crippen MR) is 121 cm³/mol. The number of carbonyl (C=O) groups is 1. The first-order valence-corrected chi connectivity index (χ1v) is 11.5. The highest BCUT2D eigenvalue weighted by atomic mass is 16.1. The van der Waals surface area contributed by atoms with Gasteiger partial charge in [-0.1, -0.05) is 18.6 Å². The molecule has 2 aromatic rings. The molecular formula is C24H33N5O. The Kier molecular flexibility index (Phi) is 7.29. The SMILES string of the molecule is O=C(NCCCN1CCCCC1)c1ccc(-c2cc(N3CCCCC3)ncn2)cc1. The standard InChI is InChI=1S/C24H33N5O/c30-24(25-12-7-15-28-13-3-1-4-14-28)21-10-8-20(9-11-21)22-18-23(27-19-26-22)29-16-5-2-6-17-29/h8-11,18-19H,1-7,12-17H2,(H,25,30). The molecule has 0 bridgehead atoms. The Morgan fingerprint density at radius 3 is 2.33 bits per heavy atom. The summed E-state index contributed by atoms with van der Waals surface area (Å²) >= 11 is 0. The van der Waals surface area contributed by atoms with E-state index in [0.717, 1.165) is 49.7 Å². The van der Waals surface area contributed by atoms with Crippen LogP contribution in [0.3, 0.4) is 0 Å². The fourth-order valence-corrected chi connectivity index (χ4v) is 4.38. The lowest BCUT2D eigenvalue weighted by molar-refractivity contribution is 0.0951. The maximum absolute atomic E-state index is 12.4. The molecule has 1 N–H and O–H groups in total. The van der Waals surface area contributed by atoms with Gasteiger partial charge in [-0.05, 0) is 70.3 Å². The summed E-state index contributed by atoms with van der Waals surface area (Å²) in [6, 6.07) is 9.78. The normalized spacial score (nSPS) is 17.7. The van der Waals surface area contributed by atoms with Gasteiger partial charge in [-0.15, -0.1) is 0 Å². The number of hydrogen-bond donors (Lipinski definition) is 1. The topological polar surface area (TPSA) is 61.4 Å². The van der Waals surface area contributed by atoms with Crippen LogP contribution in [0.1, 0.15) is 55.3 Å². The van der Waals surface area contributed by atoms with Crippen molar-refractivity contribution in [2.24, 2.45) is 0 Å². The van der Waals surface area contributed by atoms with Gasteiger partial charge in [0.2, 0.25) is 0 Å². The zero-order valence-electron chi connectivity index (χ0n) is 17.9. The van der Waals surface area contributed by atoms with Crippen molar-refractivity contribution in [3.63, 3.8) is 0 Å². The summed E-state index contributed by atoms with van der Waals surface area (Å²) in [5.41, 5.74) is 2.61. The maximum Gasteiger partial charge on any atom is 0.251 e. The van der Waals surface area contributed by atoms with Gasteiger partial charge in [-0.3, -0.25) is 4.79 Å². The molecule has 2 aliphatic heterocycles. The second-order valence-electron chi connectivity index (χ2n) is 8.40. The minimum absolute atomic E-state index is 0.00288. The molecule has 1 aromatic heterocycles. The molecule has 6 nitrogen and oxygen atoms in total. The van der Waals surface area contributed by atoms with Crippen LogP contribution in [0.25, 0.3) is 11.3 Å². The number of carbonyl (C=O) groups excluding carboxylic acids is 1. The number of rotatable bonds is 7. The molecule has 2 fully saturated rings. The van der Waals surface area contributed by atoms with Crippen molar-refractivity contribution in [1.29, 1.82) is 0 Å². The third kappa shape index (κ3) is 5.57. The molecule has 3 heterocycles. The zero-order valence-corrected chi connectivity index (χ0v) is 17.9. The molecule has 0 aliphatic carbocycles. The van der Waals surface area contributed by atoms with Crippen molar-refractivity contribution < 1.29 is 4.79 Å². The minimum Gasteiger partial charge on any atom is -0.357 e.